The molecule has 2 heterocycles. The number of hydrogen-bond donors (Lipinski definition) is 0. The lowest BCUT2D eigenvalue weighted by Crippen LogP contribution is -2.50. The van der Waals surface area contributed by atoms with Crippen LogP contribution in [-0.2, 0) is 11.2 Å². The zero-order chi connectivity index (χ0) is 14.0. The Bertz CT molecular complexity index is 459. The van der Waals surface area contributed by atoms with Crippen molar-refractivity contribution in [3.05, 3.63) is 29.6 Å². The Morgan fingerprint density at radius 2 is 2.11 bits per heavy atom. The van der Waals surface area contributed by atoms with Gasteiger partial charge in [0.2, 0.25) is 0 Å². The normalized spacial score (nSPS) is 16.1. The lowest BCUT2D eigenvalue weighted by molar-refractivity contribution is 0.00817. The maximum Gasteiger partial charge on any atom is 0.410 e. The summed E-state index contributed by atoms with van der Waals surface area (Å²) in [5.74, 6) is 0.395. The Morgan fingerprint density at radius 3 is 2.68 bits per heavy atom. The summed E-state index contributed by atoms with van der Waals surface area (Å²) in [5, 5.41) is 0. The highest BCUT2D eigenvalue weighted by atomic mass is 16.6. The molecule has 1 aliphatic rings. The number of carbonyl (C=O) groups is 1. The number of pyridine rings is 1. The van der Waals surface area contributed by atoms with Gasteiger partial charge in [0, 0.05) is 31.4 Å². The quantitative estimate of drug-likeness (QED) is 0.823. The molecule has 0 saturated carbocycles. The second-order valence-electron chi connectivity index (χ2n) is 6.06. The molecule has 1 aromatic heterocycles. The Morgan fingerprint density at radius 1 is 1.42 bits per heavy atom. The molecular weight excluding hydrogens is 240 g/mol. The van der Waals surface area contributed by atoms with E-state index in [2.05, 4.69) is 18.0 Å². The van der Waals surface area contributed by atoms with E-state index >= 15 is 0 Å². The molecule has 4 heteroatoms. The van der Waals surface area contributed by atoms with Crippen molar-refractivity contribution in [1.29, 1.82) is 0 Å². The van der Waals surface area contributed by atoms with Crippen molar-refractivity contribution >= 4 is 6.09 Å². The summed E-state index contributed by atoms with van der Waals surface area (Å²) in [6.07, 6.45) is 4.57. The molecule has 0 N–H and O–H groups in total. The molecule has 0 atom stereocenters. The number of aryl methyl sites for hydroxylation is 1. The van der Waals surface area contributed by atoms with Gasteiger partial charge in [-0.1, -0.05) is 13.0 Å². The van der Waals surface area contributed by atoms with Crippen LogP contribution in [0.2, 0.25) is 0 Å². The van der Waals surface area contributed by atoms with E-state index in [1.165, 1.54) is 11.1 Å². The van der Waals surface area contributed by atoms with Crippen molar-refractivity contribution in [1.82, 2.24) is 9.88 Å². The number of hydrogen-bond acceptors (Lipinski definition) is 3. The third kappa shape index (κ3) is 3.46. The van der Waals surface area contributed by atoms with Crippen molar-refractivity contribution in [2.45, 2.75) is 45.6 Å². The van der Waals surface area contributed by atoms with Crippen LogP contribution in [0, 0.1) is 0 Å². The van der Waals surface area contributed by atoms with Crippen LogP contribution in [0.5, 0.6) is 0 Å². The fraction of sp³-hybridized carbons (Fsp3) is 0.600. The fourth-order valence-electron chi connectivity index (χ4n) is 2.09. The highest BCUT2D eigenvalue weighted by Gasteiger charge is 2.34. The standard InChI is InChI=1S/C15H22N2O2/c1-5-11-6-12(8-16-7-11)13-9-17(10-13)14(18)19-15(2,3)4/h6-8,13H,5,9-10H2,1-4H3. The van der Waals surface area contributed by atoms with Crippen LogP contribution >= 0.6 is 0 Å². The minimum atomic E-state index is -0.425. The predicted molar refractivity (Wildman–Crippen MR) is 74.2 cm³/mol. The molecule has 0 unspecified atom stereocenters. The smallest absolute Gasteiger partial charge is 0.410 e. The van der Waals surface area contributed by atoms with Crippen LogP contribution in [-0.4, -0.2) is 34.7 Å². The van der Waals surface area contributed by atoms with Crippen molar-refractivity contribution in [3.8, 4) is 0 Å². The predicted octanol–water partition coefficient (Wildman–Crippen LogP) is 2.98. The average molecular weight is 262 g/mol. The van der Waals surface area contributed by atoms with Gasteiger partial charge >= 0.3 is 6.09 Å². The van der Waals surface area contributed by atoms with E-state index < -0.39 is 5.60 Å². The van der Waals surface area contributed by atoms with Crippen LogP contribution < -0.4 is 0 Å². The van der Waals surface area contributed by atoms with E-state index in [4.69, 9.17) is 4.74 Å². The molecule has 0 radical (unpaired) electrons. The van der Waals surface area contributed by atoms with E-state index in [1.807, 2.05) is 33.2 Å². The van der Waals surface area contributed by atoms with Gasteiger partial charge < -0.3 is 9.64 Å². The third-order valence-electron chi connectivity index (χ3n) is 3.23. The Kier molecular flexibility index (Phi) is 3.78. The molecule has 0 aliphatic carbocycles. The molecule has 0 bridgehead atoms. The molecule has 0 aromatic carbocycles. The van der Waals surface area contributed by atoms with E-state index in [1.54, 1.807) is 4.90 Å². The van der Waals surface area contributed by atoms with Crippen molar-refractivity contribution in [2.24, 2.45) is 0 Å². The van der Waals surface area contributed by atoms with E-state index in [0.717, 1.165) is 19.5 Å². The maximum atomic E-state index is 11.8. The molecule has 0 spiro atoms. The zero-order valence-corrected chi connectivity index (χ0v) is 12.1. The van der Waals surface area contributed by atoms with Gasteiger partial charge in [0.1, 0.15) is 5.60 Å². The summed E-state index contributed by atoms with van der Waals surface area (Å²) in [7, 11) is 0. The van der Waals surface area contributed by atoms with E-state index in [-0.39, 0.29) is 6.09 Å². The molecular formula is C15H22N2O2. The topological polar surface area (TPSA) is 42.4 Å². The van der Waals surface area contributed by atoms with Gasteiger partial charge in [-0.25, -0.2) is 4.79 Å². The number of carbonyl (C=O) groups excluding carboxylic acids is 1. The van der Waals surface area contributed by atoms with Gasteiger partial charge in [0.15, 0.2) is 0 Å². The van der Waals surface area contributed by atoms with Gasteiger partial charge in [-0.15, -0.1) is 0 Å². The van der Waals surface area contributed by atoms with Crippen LogP contribution in [0.15, 0.2) is 18.5 Å². The number of amides is 1. The first-order chi connectivity index (χ1) is 8.89. The largest absolute Gasteiger partial charge is 0.444 e. The first kappa shape index (κ1) is 13.8. The van der Waals surface area contributed by atoms with E-state index in [0.29, 0.717) is 5.92 Å². The van der Waals surface area contributed by atoms with Crippen LogP contribution in [0.25, 0.3) is 0 Å². The molecule has 1 aliphatic heterocycles. The maximum absolute atomic E-state index is 11.8. The lowest BCUT2D eigenvalue weighted by Gasteiger charge is -2.40. The third-order valence-corrected chi connectivity index (χ3v) is 3.23. The summed E-state index contributed by atoms with van der Waals surface area (Å²) in [4.78, 5) is 17.8. The summed E-state index contributed by atoms with van der Waals surface area (Å²) in [6, 6.07) is 2.18. The van der Waals surface area contributed by atoms with Gasteiger partial charge in [0.25, 0.3) is 0 Å². The number of ether oxygens (including phenoxy) is 1. The monoisotopic (exact) mass is 262 g/mol. The number of nitrogens with zero attached hydrogens (tertiary/aromatic N) is 2. The van der Waals surface area contributed by atoms with Gasteiger partial charge in [0.05, 0.1) is 0 Å². The second-order valence-corrected chi connectivity index (χ2v) is 6.06. The first-order valence-corrected chi connectivity index (χ1v) is 6.81. The number of rotatable bonds is 2. The first-order valence-electron chi connectivity index (χ1n) is 6.81. The zero-order valence-electron chi connectivity index (χ0n) is 12.1. The molecule has 1 amide bonds. The minimum absolute atomic E-state index is 0.219. The Hall–Kier alpha value is -1.58. The van der Waals surface area contributed by atoms with Crippen LogP contribution in [0.1, 0.15) is 44.7 Å². The number of likely N-dealkylation sites (tertiary alicyclic amines) is 1. The molecule has 4 nitrogen and oxygen atoms in total. The van der Waals surface area contributed by atoms with Crippen LogP contribution in [0.3, 0.4) is 0 Å². The van der Waals surface area contributed by atoms with Crippen LogP contribution in [0.4, 0.5) is 4.79 Å². The molecule has 19 heavy (non-hydrogen) atoms. The summed E-state index contributed by atoms with van der Waals surface area (Å²) >= 11 is 0. The number of aromatic nitrogens is 1. The summed E-state index contributed by atoms with van der Waals surface area (Å²) in [6.45, 7) is 9.23. The molecule has 1 fully saturated rings. The van der Waals surface area contributed by atoms with Crippen molar-refractivity contribution in [3.63, 3.8) is 0 Å². The average Bonchev–Trinajstić information content (AvgIpc) is 2.25. The summed E-state index contributed by atoms with van der Waals surface area (Å²) < 4.78 is 5.34. The fourth-order valence-corrected chi connectivity index (χ4v) is 2.09. The molecule has 1 aromatic rings. The summed E-state index contributed by atoms with van der Waals surface area (Å²) in [5.41, 5.74) is 2.04. The molecule has 1 saturated heterocycles. The van der Waals surface area contributed by atoms with Gasteiger partial charge in [-0.2, -0.15) is 0 Å². The highest BCUT2D eigenvalue weighted by Crippen LogP contribution is 2.28. The second kappa shape index (κ2) is 5.19. The Labute approximate surface area is 114 Å². The lowest BCUT2D eigenvalue weighted by atomic mass is 9.92. The molecule has 104 valence electrons. The van der Waals surface area contributed by atoms with Crippen molar-refractivity contribution < 1.29 is 9.53 Å². The van der Waals surface area contributed by atoms with E-state index in [9.17, 15) is 4.79 Å². The molecule has 2 rings (SSSR count). The van der Waals surface area contributed by atoms with Crippen molar-refractivity contribution in [2.75, 3.05) is 13.1 Å². The van der Waals surface area contributed by atoms with Gasteiger partial charge in [-0.05, 0) is 38.3 Å². The van der Waals surface area contributed by atoms with Gasteiger partial charge in [-0.3, -0.25) is 4.98 Å². The highest BCUT2D eigenvalue weighted by molar-refractivity contribution is 5.69. The minimum Gasteiger partial charge on any atom is -0.444 e. The SMILES string of the molecule is CCc1cncc(C2CN(C(=O)OC(C)(C)C)C2)c1. The Balaban J connectivity index is 1.90.